The second-order valence-electron chi connectivity index (χ2n) is 4.95. The van der Waals surface area contributed by atoms with Gasteiger partial charge in [-0.15, -0.1) is 0 Å². The molecule has 0 aliphatic carbocycles. The topological polar surface area (TPSA) is 41.5 Å². The Morgan fingerprint density at radius 2 is 1.95 bits per heavy atom. The van der Waals surface area contributed by atoms with Crippen LogP contribution in [0.5, 0.6) is 11.5 Å². The van der Waals surface area contributed by atoms with Crippen LogP contribution in [0.15, 0.2) is 42.5 Å². The summed E-state index contributed by atoms with van der Waals surface area (Å²) in [6.07, 6.45) is 0. The number of hydrogen-bond acceptors (Lipinski definition) is 3. The maximum absolute atomic E-state index is 9.94. The highest BCUT2D eigenvalue weighted by molar-refractivity contribution is 5.39. The third kappa shape index (κ3) is 3.31. The monoisotopic (exact) mass is 271 g/mol. The second kappa shape index (κ2) is 6.44. The van der Waals surface area contributed by atoms with E-state index in [2.05, 4.69) is 31.3 Å². The highest BCUT2D eigenvalue weighted by Crippen LogP contribution is 2.24. The molecule has 0 radical (unpaired) electrons. The molecule has 106 valence electrons. The number of nitrogens with one attached hydrogen (secondary N) is 1. The molecule has 0 aliphatic rings. The Labute approximate surface area is 120 Å². The van der Waals surface area contributed by atoms with Crippen molar-refractivity contribution in [3.8, 4) is 11.5 Å². The molecule has 1 unspecified atom stereocenters. The summed E-state index contributed by atoms with van der Waals surface area (Å²) in [6.45, 7) is 4.85. The predicted molar refractivity (Wildman–Crippen MR) is 81.1 cm³/mol. The Bertz CT molecular complexity index is 581. The number of ether oxygens (including phenoxy) is 1. The van der Waals surface area contributed by atoms with Crippen LogP contribution in [0.2, 0.25) is 0 Å². The van der Waals surface area contributed by atoms with Crippen LogP contribution < -0.4 is 10.1 Å². The molecule has 0 amide bonds. The summed E-state index contributed by atoms with van der Waals surface area (Å²) in [4.78, 5) is 0. The minimum Gasteiger partial charge on any atom is -0.507 e. The molecular weight excluding hydrogens is 250 g/mol. The molecule has 2 aromatic carbocycles. The zero-order valence-electron chi connectivity index (χ0n) is 12.2. The first-order valence-electron chi connectivity index (χ1n) is 6.76. The third-order valence-electron chi connectivity index (χ3n) is 3.55. The molecule has 0 bridgehead atoms. The van der Waals surface area contributed by atoms with Gasteiger partial charge in [-0.2, -0.15) is 0 Å². The minimum atomic E-state index is 0.234. The van der Waals surface area contributed by atoms with E-state index in [0.29, 0.717) is 12.3 Å². The zero-order chi connectivity index (χ0) is 14.5. The fraction of sp³-hybridized carbons (Fsp3) is 0.294. The van der Waals surface area contributed by atoms with Crippen molar-refractivity contribution < 1.29 is 9.84 Å². The van der Waals surface area contributed by atoms with E-state index in [4.69, 9.17) is 4.74 Å². The van der Waals surface area contributed by atoms with E-state index in [1.54, 1.807) is 13.2 Å². The van der Waals surface area contributed by atoms with Gasteiger partial charge in [0.25, 0.3) is 0 Å². The third-order valence-corrected chi connectivity index (χ3v) is 3.55. The molecule has 0 saturated heterocycles. The normalized spacial score (nSPS) is 12.2. The first-order valence-corrected chi connectivity index (χ1v) is 6.76. The Hall–Kier alpha value is -2.00. The lowest BCUT2D eigenvalue weighted by atomic mass is 10.0. The number of benzene rings is 2. The quantitative estimate of drug-likeness (QED) is 0.873. The van der Waals surface area contributed by atoms with Crippen LogP contribution in [0.25, 0.3) is 0 Å². The van der Waals surface area contributed by atoms with Gasteiger partial charge in [-0.25, -0.2) is 0 Å². The van der Waals surface area contributed by atoms with Crippen LogP contribution in [0.1, 0.15) is 29.7 Å². The van der Waals surface area contributed by atoms with Crippen molar-refractivity contribution >= 4 is 0 Å². The van der Waals surface area contributed by atoms with Gasteiger partial charge in [-0.05, 0) is 31.0 Å². The van der Waals surface area contributed by atoms with E-state index in [-0.39, 0.29) is 11.8 Å². The molecule has 20 heavy (non-hydrogen) atoms. The Morgan fingerprint density at radius 1 is 1.20 bits per heavy atom. The van der Waals surface area contributed by atoms with Crippen molar-refractivity contribution in [1.29, 1.82) is 0 Å². The average Bonchev–Trinajstić information content (AvgIpc) is 2.46. The number of phenolic OH excluding ortho intramolecular Hbond substituents is 1. The van der Waals surface area contributed by atoms with E-state index < -0.39 is 0 Å². The van der Waals surface area contributed by atoms with E-state index in [9.17, 15) is 5.11 Å². The second-order valence-corrected chi connectivity index (χ2v) is 4.95. The van der Waals surface area contributed by atoms with E-state index >= 15 is 0 Å². The van der Waals surface area contributed by atoms with Gasteiger partial charge in [0.1, 0.15) is 11.5 Å². The van der Waals surface area contributed by atoms with Gasteiger partial charge in [-0.1, -0.05) is 30.3 Å². The van der Waals surface area contributed by atoms with Crippen LogP contribution in [-0.2, 0) is 6.54 Å². The Balaban J connectivity index is 2.04. The summed E-state index contributed by atoms with van der Waals surface area (Å²) in [5.41, 5.74) is 3.41. The number of rotatable bonds is 5. The molecular formula is C17H21NO2. The molecule has 0 fully saturated rings. The van der Waals surface area contributed by atoms with E-state index in [1.807, 2.05) is 24.3 Å². The largest absolute Gasteiger partial charge is 0.507 e. The predicted octanol–water partition coefficient (Wildman–Crippen LogP) is 3.56. The number of phenols is 1. The van der Waals surface area contributed by atoms with Gasteiger partial charge in [0.05, 0.1) is 7.11 Å². The fourth-order valence-electron chi connectivity index (χ4n) is 2.27. The molecule has 0 saturated carbocycles. The number of aromatic hydroxyl groups is 1. The summed E-state index contributed by atoms with van der Waals surface area (Å²) in [6, 6.07) is 13.9. The van der Waals surface area contributed by atoms with E-state index in [0.717, 1.165) is 5.56 Å². The molecule has 0 heterocycles. The van der Waals surface area contributed by atoms with Gasteiger partial charge < -0.3 is 15.2 Å². The number of aryl methyl sites for hydroxylation is 1. The highest BCUT2D eigenvalue weighted by Gasteiger charge is 2.09. The molecule has 2 N–H and O–H groups in total. The van der Waals surface area contributed by atoms with Crippen LogP contribution in [-0.4, -0.2) is 12.2 Å². The van der Waals surface area contributed by atoms with Crippen molar-refractivity contribution in [3.05, 3.63) is 59.2 Å². The summed E-state index contributed by atoms with van der Waals surface area (Å²) >= 11 is 0. The average molecular weight is 271 g/mol. The molecule has 0 spiro atoms. The molecule has 2 aromatic rings. The number of hydrogen-bond donors (Lipinski definition) is 2. The van der Waals surface area contributed by atoms with Gasteiger partial charge in [0.2, 0.25) is 0 Å². The standard InChI is InChI=1S/C17H21NO2/c1-12-6-4-5-7-16(12)13(2)18-11-14-8-9-15(20-3)10-17(14)19/h4-10,13,18-19H,11H2,1-3H3. The Morgan fingerprint density at radius 3 is 2.60 bits per heavy atom. The fourth-order valence-corrected chi connectivity index (χ4v) is 2.27. The molecule has 2 rings (SSSR count). The Kier molecular flexibility index (Phi) is 4.64. The van der Waals surface area contributed by atoms with Crippen molar-refractivity contribution in [2.45, 2.75) is 26.4 Å². The van der Waals surface area contributed by atoms with Crippen LogP contribution in [0, 0.1) is 6.92 Å². The molecule has 3 heteroatoms. The van der Waals surface area contributed by atoms with E-state index in [1.165, 1.54) is 11.1 Å². The van der Waals surface area contributed by atoms with Crippen LogP contribution in [0.3, 0.4) is 0 Å². The molecule has 0 aliphatic heterocycles. The zero-order valence-corrected chi connectivity index (χ0v) is 12.2. The maximum atomic E-state index is 9.94. The summed E-state index contributed by atoms with van der Waals surface area (Å²) in [7, 11) is 1.59. The minimum absolute atomic E-state index is 0.234. The van der Waals surface area contributed by atoms with Crippen molar-refractivity contribution in [1.82, 2.24) is 5.32 Å². The van der Waals surface area contributed by atoms with Crippen molar-refractivity contribution in [3.63, 3.8) is 0 Å². The first-order chi connectivity index (χ1) is 9.61. The van der Waals surface area contributed by atoms with Gasteiger partial charge >= 0.3 is 0 Å². The van der Waals surface area contributed by atoms with Gasteiger partial charge in [-0.3, -0.25) is 0 Å². The lowest BCUT2D eigenvalue weighted by Crippen LogP contribution is -2.18. The van der Waals surface area contributed by atoms with Crippen molar-refractivity contribution in [2.75, 3.05) is 7.11 Å². The summed E-state index contributed by atoms with van der Waals surface area (Å²) < 4.78 is 5.08. The van der Waals surface area contributed by atoms with Crippen molar-refractivity contribution in [2.24, 2.45) is 0 Å². The smallest absolute Gasteiger partial charge is 0.123 e. The number of methoxy groups -OCH3 is 1. The lowest BCUT2D eigenvalue weighted by molar-refractivity contribution is 0.405. The highest BCUT2D eigenvalue weighted by atomic mass is 16.5. The van der Waals surface area contributed by atoms with Gasteiger partial charge in [0.15, 0.2) is 0 Å². The SMILES string of the molecule is COc1ccc(CNC(C)c2ccccc2C)c(O)c1. The lowest BCUT2D eigenvalue weighted by Gasteiger charge is -2.17. The summed E-state index contributed by atoms with van der Waals surface area (Å²) in [5, 5.41) is 13.4. The summed E-state index contributed by atoms with van der Waals surface area (Å²) in [5.74, 6) is 0.923. The molecule has 3 nitrogen and oxygen atoms in total. The van der Waals surface area contributed by atoms with Crippen LogP contribution >= 0.6 is 0 Å². The first kappa shape index (κ1) is 14.4. The maximum Gasteiger partial charge on any atom is 0.123 e. The molecule has 1 atom stereocenters. The van der Waals surface area contributed by atoms with Crippen LogP contribution in [0.4, 0.5) is 0 Å². The van der Waals surface area contributed by atoms with Gasteiger partial charge in [0, 0.05) is 24.2 Å². The molecule has 0 aromatic heterocycles.